The number of carbonyl (C=O) groups excluding carboxylic acids is 2. The molecule has 4 heteroatoms. The van der Waals surface area contributed by atoms with E-state index in [0.29, 0.717) is 5.56 Å². The summed E-state index contributed by atoms with van der Waals surface area (Å²) in [5.41, 5.74) is 1.49. The van der Waals surface area contributed by atoms with Crippen LogP contribution in [0.15, 0.2) is 36.6 Å². The molecule has 1 rings (SSSR count). The van der Waals surface area contributed by atoms with Gasteiger partial charge in [0.2, 0.25) is 0 Å². The van der Waals surface area contributed by atoms with Gasteiger partial charge in [0.15, 0.2) is 0 Å². The van der Waals surface area contributed by atoms with Crippen LogP contribution in [0.1, 0.15) is 15.9 Å². The molecule has 0 atom stereocenters. The van der Waals surface area contributed by atoms with Crippen LogP contribution >= 0.6 is 0 Å². The van der Waals surface area contributed by atoms with Crippen LogP contribution in [0.4, 0.5) is 0 Å². The van der Waals surface area contributed by atoms with Gasteiger partial charge in [-0.2, -0.15) is 0 Å². The van der Waals surface area contributed by atoms with Crippen molar-refractivity contribution in [1.29, 1.82) is 0 Å². The van der Waals surface area contributed by atoms with Crippen molar-refractivity contribution in [3.05, 3.63) is 47.7 Å². The highest BCUT2D eigenvalue weighted by Gasteiger charge is 2.04. The van der Waals surface area contributed by atoms with E-state index in [0.717, 1.165) is 17.9 Å². The van der Waals surface area contributed by atoms with E-state index in [9.17, 15) is 9.59 Å². The van der Waals surface area contributed by atoms with Crippen molar-refractivity contribution in [2.45, 2.75) is 6.92 Å². The second-order valence-corrected chi connectivity index (χ2v) is 3.10. The van der Waals surface area contributed by atoms with Gasteiger partial charge in [-0.3, -0.25) is 0 Å². The maximum atomic E-state index is 11.4. The number of aryl methyl sites for hydroxylation is 1. The SMILES string of the molecule is COC(=O)/C=C/OC(=O)c1ccc(C)cc1. The van der Waals surface area contributed by atoms with E-state index in [2.05, 4.69) is 4.74 Å². The molecule has 0 saturated carbocycles. The largest absolute Gasteiger partial charge is 0.466 e. The van der Waals surface area contributed by atoms with Crippen LogP contribution in [0.25, 0.3) is 0 Å². The predicted octanol–water partition coefficient (Wildman–Crippen LogP) is 1.84. The minimum atomic E-state index is -0.572. The molecule has 0 aliphatic heterocycles. The van der Waals surface area contributed by atoms with Crippen molar-refractivity contribution in [2.75, 3.05) is 7.11 Å². The van der Waals surface area contributed by atoms with Gasteiger partial charge in [0, 0.05) is 0 Å². The van der Waals surface area contributed by atoms with E-state index >= 15 is 0 Å². The molecule has 1 aromatic carbocycles. The molecule has 0 aromatic heterocycles. The van der Waals surface area contributed by atoms with Gasteiger partial charge in [-0.1, -0.05) is 17.7 Å². The van der Waals surface area contributed by atoms with Gasteiger partial charge in [-0.15, -0.1) is 0 Å². The first kappa shape index (κ1) is 12.0. The van der Waals surface area contributed by atoms with Gasteiger partial charge in [-0.25, -0.2) is 9.59 Å². The van der Waals surface area contributed by atoms with Crippen LogP contribution in [0.3, 0.4) is 0 Å². The minimum Gasteiger partial charge on any atom is -0.466 e. The zero-order valence-electron chi connectivity index (χ0n) is 9.10. The summed E-state index contributed by atoms with van der Waals surface area (Å²) in [5.74, 6) is -1.09. The molecule has 0 spiro atoms. The van der Waals surface area contributed by atoms with E-state index in [-0.39, 0.29) is 0 Å². The number of ether oxygens (including phenoxy) is 2. The first-order chi connectivity index (χ1) is 7.63. The van der Waals surface area contributed by atoms with Crippen molar-refractivity contribution < 1.29 is 19.1 Å². The Kier molecular flexibility index (Phi) is 4.27. The zero-order chi connectivity index (χ0) is 12.0. The normalized spacial score (nSPS) is 10.1. The smallest absolute Gasteiger partial charge is 0.342 e. The topological polar surface area (TPSA) is 52.6 Å². The van der Waals surface area contributed by atoms with Crippen molar-refractivity contribution in [2.24, 2.45) is 0 Å². The fourth-order valence-corrected chi connectivity index (χ4v) is 0.977. The molecule has 0 heterocycles. The lowest BCUT2D eigenvalue weighted by molar-refractivity contribution is -0.134. The fourth-order valence-electron chi connectivity index (χ4n) is 0.977. The van der Waals surface area contributed by atoms with Gasteiger partial charge in [0.05, 0.1) is 18.7 Å². The van der Waals surface area contributed by atoms with Gasteiger partial charge >= 0.3 is 11.9 Å². The van der Waals surface area contributed by atoms with E-state index in [1.807, 2.05) is 6.92 Å². The summed E-state index contributed by atoms with van der Waals surface area (Å²) in [4.78, 5) is 22.1. The number of carbonyl (C=O) groups is 2. The van der Waals surface area contributed by atoms with E-state index in [1.54, 1.807) is 24.3 Å². The van der Waals surface area contributed by atoms with Crippen molar-refractivity contribution >= 4 is 11.9 Å². The maximum absolute atomic E-state index is 11.4. The summed E-state index contributed by atoms with van der Waals surface area (Å²) in [6, 6.07) is 6.93. The Morgan fingerprint density at radius 3 is 2.38 bits per heavy atom. The molecule has 0 radical (unpaired) electrons. The Morgan fingerprint density at radius 2 is 1.81 bits per heavy atom. The lowest BCUT2D eigenvalue weighted by atomic mass is 10.1. The Balaban J connectivity index is 2.56. The fraction of sp³-hybridized carbons (Fsp3) is 0.167. The van der Waals surface area contributed by atoms with Gasteiger partial charge < -0.3 is 9.47 Å². The molecule has 0 bridgehead atoms. The molecule has 0 unspecified atom stereocenters. The number of methoxy groups -OCH3 is 1. The number of esters is 2. The van der Waals surface area contributed by atoms with E-state index in [1.165, 1.54) is 7.11 Å². The number of rotatable bonds is 3. The summed E-state index contributed by atoms with van der Waals surface area (Å²) < 4.78 is 9.06. The van der Waals surface area contributed by atoms with Crippen LogP contribution in [0, 0.1) is 6.92 Å². The Morgan fingerprint density at radius 1 is 1.19 bits per heavy atom. The molecule has 0 aliphatic carbocycles. The lowest BCUT2D eigenvalue weighted by Crippen LogP contribution is -2.01. The highest BCUT2D eigenvalue weighted by molar-refractivity contribution is 5.90. The second-order valence-electron chi connectivity index (χ2n) is 3.10. The molecule has 0 N–H and O–H groups in total. The van der Waals surface area contributed by atoms with Crippen LogP contribution in [0.2, 0.25) is 0 Å². The summed E-state index contributed by atoms with van der Waals surface area (Å²) in [5, 5.41) is 0. The highest BCUT2D eigenvalue weighted by Crippen LogP contribution is 2.04. The molecule has 0 aliphatic rings. The number of benzene rings is 1. The van der Waals surface area contributed by atoms with Gasteiger partial charge in [-0.05, 0) is 19.1 Å². The number of hydrogen-bond acceptors (Lipinski definition) is 4. The van der Waals surface area contributed by atoms with E-state index in [4.69, 9.17) is 4.74 Å². The lowest BCUT2D eigenvalue weighted by Gasteiger charge is -1.99. The third-order valence-corrected chi connectivity index (χ3v) is 1.87. The minimum absolute atomic E-state index is 0.431. The highest BCUT2D eigenvalue weighted by atomic mass is 16.5. The third kappa shape index (κ3) is 3.57. The maximum Gasteiger partial charge on any atom is 0.342 e. The average molecular weight is 220 g/mol. The van der Waals surface area contributed by atoms with E-state index < -0.39 is 11.9 Å². The summed E-state index contributed by atoms with van der Waals surface area (Å²) in [6.45, 7) is 1.92. The average Bonchev–Trinajstić information content (AvgIpc) is 2.29. The van der Waals surface area contributed by atoms with Crippen LogP contribution < -0.4 is 0 Å². The predicted molar refractivity (Wildman–Crippen MR) is 57.8 cm³/mol. The summed E-state index contributed by atoms with van der Waals surface area (Å²) >= 11 is 0. The van der Waals surface area contributed by atoms with Crippen molar-refractivity contribution in [3.63, 3.8) is 0 Å². The molecular weight excluding hydrogens is 208 g/mol. The molecule has 84 valence electrons. The van der Waals surface area contributed by atoms with Crippen LogP contribution in [-0.2, 0) is 14.3 Å². The first-order valence-corrected chi connectivity index (χ1v) is 4.65. The molecule has 4 nitrogen and oxygen atoms in total. The van der Waals surface area contributed by atoms with Crippen LogP contribution in [0.5, 0.6) is 0 Å². The van der Waals surface area contributed by atoms with Crippen molar-refractivity contribution in [3.8, 4) is 0 Å². The molecule has 0 fully saturated rings. The number of hydrogen-bond donors (Lipinski definition) is 0. The molecule has 0 amide bonds. The Labute approximate surface area is 93.5 Å². The second kappa shape index (κ2) is 5.70. The van der Waals surface area contributed by atoms with Crippen LogP contribution in [-0.4, -0.2) is 19.0 Å². The summed E-state index contributed by atoms with van der Waals surface area (Å²) in [7, 11) is 1.24. The molecular formula is C12H12O4. The zero-order valence-corrected chi connectivity index (χ0v) is 9.10. The first-order valence-electron chi connectivity index (χ1n) is 4.65. The molecule has 0 saturated heterocycles. The monoisotopic (exact) mass is 220 g/mol. The summed E-state index contributed by atoms with van der Waals surface area (Å²) in [6.07, 6.45) is 2.04. The van der Waals surface area contributed by atoms with Crippen molar-refractivity contribution in [1.82, 2.24) is 0 Å². The standard InChI is InChI=1S/C12H12O4/c1-9-3-5-10(6-4-9)12(14)16-8-7-11(13)15-2/h3-8H,1-2H3/b8-7+. The molecule has 1 aromatic rings. The van der Waals surface area contributed by atoms with Gasteiger partial charge in [0.1, 0.15) is 6.26 Å². The molecule has 16 heavy (non-hydrogen) atoms. The van der Waals surface area contributed by atoms with Gasteiger partial charge in [0.25, 0.3) is 0 Å². The Hall–Kier alpha value is -2.10. The quantitative estimate of drug-likeness (QED) is 0.443. The third-order valence-electron chi connectivity index (χ3n) is 1.87. The Bertz CT molecular complexity index is 404.